The second-order valence-electron chi connectivity index (χ2n) is 8.41. The van der Waals surface area contributed by atoms with E-state index in [1.165, 1.54) is 12.1 Å². The normalized spacial score (nSPS) is 14.3. The highest BCUT2D eigenvalue weighted by atomic mass is 35.5. The van der Waals surface area contributed by atoms with Gasteiger partial charge < -0.3 is 15.5 Å². The lowest BCUT2D eigenvalue weighted by atomic mass is 9.97. The number of hydrogen-bond donors (Lipinski definition) is 2. The molecule has 0 unspecified atom stereocenters. The first kappa shape index (κ1) is 23.5. The number of nitrogens with zero attached hydrogens (tertiary/aromatic N) is 2. The summed E-state index contributed by atoms with van der Waals surface area (Å²) in [4.78, 5) is 38.1. The minimum atomic E-state index is -0.576. The summed E-state index contributed by atoms with van der Waals surface area (Å²) in [6.07, 6.45) is 2.12. The molecule has 9 heteroatoms. The lowest BCUT2D eigenvalue weighted by molar-refractivity contribution is -0.384. The SMILES string of the molecule is CC1CCN(c2ccc(NC(=O)c3ccc([N+](=O)[O-])cc3Cl)cc2C(=O)NC(C)C)CC1. The van der Waals surface area contributed by atoms with Gasteiger partial charge in [0.15, 0.2) is 0 Å². The zero-order valence-corrected chi connectivity index (χ0v) is 19.1. The molecule has 2 aromatic rings. The number of anilines is 2. The molecule has 0 bridgehead atoms. The fourth-order valence-corrected chi connectivity index (χ4v) is 3.92. The van der Waals surface area contributed by atoms with E-state index in [0.29, 0.717) is 17.2 Å². The predicted molar refractivity (Wildman–Crippen MR) is 126 cm³/mol. The van der Waals surface area contributed by atoms with Crippen LogP contribution in [0.5, 0.6) is 0 Å². The van der Waals surface area contributed by atoms with Gasteiger partial charge in [0, 0.05) is 42.6 Å². The van der Waals surface area contributed by atoms with Gasteiger partial charge in [-0.2, -0.15) is 0 Å². The van der Waals surface area contributed by atoms with E-state index in [0.717, 1.165) is 37.7 Å². The van der Waals surface area contributed by atoms with E-state index in [2.05, 4.69) is 22.5 Å². The van der Waals surface area contributed by atoms with Crippen molar-refractivity contribution in [3.63, 3.8) is 0 Å². The molecule has 0 spiro atoms. The largest absolute Gasteiger partial charge is 0.371 e. The van der Waals surface area contributed by atoms with Crippen LogP contribution in [0.2, 0.25) is 5.02 Å². The second kappa shape index (κ2) is 9.99. The first-order chi connectivity index (χ1) is 15.2. The summed E-state index contributed by atoms with van der Waals surface area (Å²) >= 11 is 6.08. The molecule has 1 fully saturated rings. The maximum atomic E-state index is 12.9. The van der Waals surface area contributed by atoms with Crippen molar-refractivity contribution in [1.29, 1.82) is 0 Å². The van der Waals surface area contributed by atoms with Gasteiger partial charge in [0.1, 0.15) is 0 Å². The summed E-state index contributed by atoms with van der Waals surface area (Å²) in [5.41, 5.74) is 1.67. The molecule has 1 heterocycles. The highest BCUT2D eigenvalue weighted by Gasteiger charge is 2.23. The van der Waals surface area contributed by atoms with E-state index in [-0.39, 0.29) is 28.2 Å². The lowest BCUT2D eigenvalue weighted by Crippen LogP contribution is -2.36. The molecule has 3 rings (SSSR count). The van der Waals surface area contributed by atoms with Crippen LogP contribution < -0.4 is 15.5 Å². The van der Waals surface area contributed by atoms with E-state index in [9.17, 15) is 19.7 Å². The summed E-state index contributed by atoms with van der Waals surface area (Å²) in [6, 6.07) is 8.89. The predicted octanol–water partition coefficient (Wildman–Crippen LogP) is 4.88. The second-order valence-corrected chi connectivity index (χ2v) is 8.81. The molecule has 170 valence electrons. The zero-order chi connectivity index (χ0) is 23.4. The standard InChI is InChI=1S/C23H27ClN4O4/c1-14(2)25-23(30)19-12-16(4-7-21(19)27-10-8-15(3)9-11-27)26-22(29)18-6-5-17(28(31)32)13-20(18)24/h4-7,12-15H,8-11H2,1-3H3,(H,25,30)(H,26,29). The molecule has 2 aromatic carbocycles. The molecule has 1 aliphatic heterocycles. The van der Waals surface area contributed by atoms with Crippen LogP contribution >= 0.6 is 11.6 Å². The molecular formula is C23H27ClN4O4. The summed E-state index contributed by atoms with van der Waals surface area (Å²) in [5, 5.41) is 16.5. The quantitative estimate of drug-likeness (QED) is 0.474. The van der Waals surface area contributed by atoms with Gasteiger partial charge in [-0.3, -0.25) is 19.7 Å². The smallest absolute Gasteiger partial charge is 0.270 e. The number of amides is 2. The molecule has 1 aliphatic rings. The first-order valence-electron chi connectivity index (χ1n) is 10.6. The van der Waals surface area contributed by atoms with E-state index >= 15 is 0 Å². The summed E-state index contributed by atoms with van der Waals surface area (Å²) in [7, 11) is 0. The molecule has 2 amide bonds. The summed E-state index contributed by atoms with van der Waals surface area (Å²) in [5.74, 6) is -0.0676. The number of rotatable bonds is 6. The Morgan fingerprint density at radius 2 is 1.78 bits per heavy atom. The Balaban J connectivity index is 1.88. The Kier molecular flexibility index (Phi) is 7.35. The molecule has 0 aromatic heterocycles. The third kappa shape index (κ3) is 5.56. The fourth-order valence-electron chi connectivity index (χ4n) is 3.66. The van der Waals surface area contributed by atoms with Crippen molar-refractivity contribution in [2.24, 2.45) is 5.92 Å². The molecule has 0 radical (unpaired) electrons. The summed E-state index contributed by atoms with van der Waals surface area (Å²) in [6.45, 7) is 7.75. The number of carbonyl (C=O) groups is 2. The maximum Gasteiger partial charge on any atom is 0.270 e. The molecule has 32 heavy (non-hydrogen) atoms. The van der Waals surface area contributed by atoms with E-state index in [4.69, 9.17) is 11.6 Å². The van der Waals surface area contributed by atoms with Crippen molar-refractivity contribution in [2.75, 3.05) is 23.3 Å². The van der Waals surface area contributed by atoms with Gasteiger partial charge in [0.25, 0.3) is 17.5 Å². The molecule has 1 saturated heterocycles. The van der Waals surface area contributed by atoms with Gasteiger partial charge >= 0.3 is 0 Å². The number of piperidine rings is 1. The van der Waals surface area contributed by atoms with E-state index < -0.39 is 10.8 Å². The minimum Gasteiger partial charge on any atom is -0.371 e. The minimum absolute atomic E-state index is 0.0199. The fraction of sp³-hybridized carbons (Fsp3) is 0.391. The monoisotopic (exact) mass is 458 g/mol. The van der Waals surface area contributed by atoms with Gasteiger partial charge in [0.2, 0.25) is 0 Å². The Hall–Kier alpha value is -3.13. The van der Waals surface area contributed by atoms with Crippen molar-refractivity contribution in [3.05, 3.63) is 62.7 Å². The number of nitro groups is 1. The van der Waals surface area contributed by atoms with Crippen LogP contribution in [0.4, 0.5) is 17.1 Å². The third-order valence-corrected chi connectivity index (χ3v) is 5.76. The number of nitrogens with one attached hydrogen (secondary N) is 2. The Morgan fingerprint density at radius 3 is 2.38 bits per heavy atom. The van der Waals surface area contributed by atoms with Crippen LogP contribution in [0, 0.1) is 16.0 Å². The van der Waals surface area contributed by atoms with Gasteiger partial charge in [-0.05, 0) is 56.9 Å². The number of nitro benzene ring substituents is 1. The molecule has 0 atom stereocenters. The lowest BCUT2D eigenvalue weighted by Gasteiger charge is -2.33. The number of hydrogen-bond acceptors (Lipinski definition) is 5. The van der Waals surface area contributed by atoms with Crippen molar-refractivity contribution >= 4 is 40.5 Å². The van der Waals surface area contributed by atoms with Gasteiger partial charge in [-0.25, -0.2) is 0 Å². The molecular weight excluding hydrogens is 432 g/mol. The molecule has 2 N–H and O–H groups in total. The van der Waals surface area contributed by atoms with Gasteiger partial charge in [-0.15, -0.1) is 0 Å². The topological polar surface area (TPSA) is 105 Å². The molecule has 0 aliphatic carbocycles. The van der Waals surface area contributed by atoms with Crippen LogP contribution in [0.3, 0.4) is 0 Å². The average molecular weight is 459 g/mol. The highest BCUT2D eigenvalue weighted by molar-refractivity contribution is 6.34. The Morgan fingerprint density at radius 1 is 1.09 bits per heavy atom. The van der Waals surface area contributed by atoms with E-state index in [1.807, 2.05) is 19.9 Å². The average Bonchev–Trinajstić information content (AvgIpc) is 2.73. The van der Waals surface area contributed by atoms with Gasteiger partial charge in [-0.1, -0.05) is 18.5 Å². The Labute approximate surface area is 192 Å². The number of carbonyl (C=O) groups excluding carboxylic acids is 2. The van der Waals surface area contributed by atoms with Crippen molar-refractivity contribution in [3.8, 4) is 0 Å². The van der Waals surface area contributed by atoms with Crippen LogP contribution in [-0.2, 0) is 0 Å². The molecule has 8 nitrogen and oxygen atoms in total. The van der Waals surface area contributed by atoms with Crippen molar-refractivity contribution in [1.82, 2.24) is 5.32 Å². The van der Waals surface area contributed by atoms with Crippen LogP contribution in [0.15, 0.2) is 36.4 Å². The third-order valence-electron chi connectivity index (χ3n) is 5.45. The molecule has 0 saturated carbocycles. The van der Waals surface area contributed by atoms with Crippen molar-refractivity contribution in [2.45, 2.75) is 39.7 Å². The maximum absolute atomic E-state index is 12.9. The Bertz CT molecular complexity index is 1030. The summed E-state index contributed by atoms with van der Waals surface area (Å²) < 4.78 is 0. The van der Waals surface area contributed by atoms with Crippen LogP contribution in [-0.4, -0.2) is 35.9 Å². The highest BCUT2D eigenvalue weighted by Crippen LogP contribution is 2.30. The number of halogens is 1. The van der Waals surface area contributed by atoms with Crippen LogP contribution in [0.25, 0.3) is 0 Å². The van der Waals surface area contributed by atoms with E-state index in [1.54, 1.807) is 12.1 Å². The number of benzene rings is 2. The van der Waals surface area contributed by atoms with Gasteiger partial charge in [0.05, 0.1) is 21.1 Å². The van der Waals surface area contributed by atoms with Crippen molar-refractivity contribution < 1.29 is 14.5 Å². The zero-order valence-electron chi connectivity index (χ0n) is 18.4. The number of non-ortho nitro benzene ring substituents is 1. The first-order valence-corrected chi connectivity index (χ1v) is 11.0. The van der Waals surface area contributed by atoms with Crippen LogP contribution in [0.1, 0.15) is 54.3 Å².